The molecule has 0 spiro atoms. The molecule has 0 saturated carbocycles. The predicted octanol–water partition coefficient (Wildman–Crippen LogP) is 4.81. The molecule has 136 valence electrons. The summed E-state index contributed by atoms with van der Waals surface area (Å²) >= 11 is 8.05. The van der Waals surface area contributed by atoms with Crippen LogP contribution in [-0.2, 0) is 6.54 Å². The van der Waals surface area contributed by atoms with Gasteiger partial charge in [-0.3, -0.25) is 4.90 Å². The molecule has 3 rings (SSSR count). The Balaban J connectivity index is 1.56. The van der Waals surface area contributed by atoms with Gasteiger partial charge >= 0.3 is 0 Å². The van der Waals surface area contributed by atoms with Crippen LogP contribution in [0.4, 0.5) is 0 Å². The van der Waals surface area contributed by atoms with Crippen molar-refractivity contribution in [3.05, 3.63) is 50.7 Å². The normalized spacial score (nSPS) is 21.9. The Kier molecular flexibility index (Phi) is 6.05. The van der Waals surface area contributed by atoms with Crippen molar-refractivity contribution in [2.24, 2.45) is 0 Å². The van der Waals surface area contributed by atoms with Crippen molar-refractivity contribution in [1.29, 1.82) is 0 Å². The number of nitrogens with zero attached hydrogens (tertiary/aromatic N) is 1. The molecule has 1 fully saturated rings. The van der Waals surface area contributed by atoms with Crippen molar-refractivity contribution >= 4 is 22.9 Å². The van der Waals surface area contributed by atoms with Crippen LogP contribution < -0.4 is 4.74 Å². The van der Waals surface area contributed by atoms with Crippen molar-refractivity contribution < 1.29 is 9.84 Å². The lowest BCUT2D eigenvalue weighted by molar-refractivity contribution is -0.0168. The van der Waals surface area contributed by atoms with E-state index in [-0.39, 0.29) is 0 Å². The standard InChI is InChI=1S/C20H26ClNO2S/c1-15-4-7-18(21)19(12-15)24-14-20(23)8-3-10-22(11-9-20)13-17-6-5-16(2)25-17/h4-7,12,23H,3,8-11,13-14H2,1-2H3. The number of hydrogen-bond donors (Lipinski definition) is 1. The Morgan fingerprint density at radius 3 is 2.80 bits per heavy atom. The second-order valence-corrected chi connectivity index (χ2v) is 8.87. The fraction of sp³-hybridized carbons (Fsp3) is 0.500. The third-order valence-corrected chi connectivity index (χ3v) is 6.07. The van der Waals surface area contributed by atoms with Crippen molar-refractivity contribution in [3.63, 3.8) is 0 Å². The second-order valence-electron chi connectivity index (χ2n) is 7.09. The van der Waals surface area contributed by atoms with E-state index in [0.29, 0.717) is 17.4 Å². The summed E-state index contributed by atoms with van der Waals surface area (Å²) < 4.78 is 5.87. The Morgan fingerprint density at radius 2 is 2.04 bits per heavy atom. The highest BCUT2D eigenvalue weighted by Gasteiger charge is 2.31. The second kappa shape index (κ2) is 8.09. The van der Waals surface area contributed by atoms with Gasteiger partial charge in [-0.05, 0) is 69.5 Å². The minimum atomic E-state index is -0.785. The van der Waals surface area contributed by atoms with Gasteiger partial charge in [0.15, 0.2) is 0 Å². The Labute approximate surface area is 159 Å². The van der Waals surface area contributed by atoms with Gasteiger partial charge in [0, 0.05) is 22.8 Å². The zero-order valence-corrected chi connectivity index (χ0v) is 16.5. The van der Waals surface area contributed by atoms with Crippen LogP contribution in [0, 0.1) is 13.8 Å². The highest BCUT2D eigenvalue weighted by Crippen LogP contribution is 2.29. The molecule has 5 heteroatoms. The van der Waals surface area contributed by atoms with Gasteiger partial charge in [-0.25, -0.2) is 0 Å². The van der Waals surface area contributed by atoms with E-state index < -0.39 is 5.60 Å². The van der Waals surface area contributed by atoms with E-state index in [0.717, 1.165) is 44.5 Å². The van der Waals surface area contributed by atoms with Crippen LogP contribution in [0.5, 0.6) is 5.75 Å². The summed E-state index contributed by atoms with van der Waals surface area (Å²) in [5.74, 6) is 0.658. The first-order valence-corrected chi connectivity index (χ1v) is 10.0. The molecule has 2 aromatic rings. The molecule has 1 aliphatic rings. The topological polar surface area (TPSA) is 32.7 Å². The van der Waals surface area contributed by atoms with E-state index >= 15 is 0 Å². The molecule has 25 heavy (non-hydrogen) atoms. The van der Waals surface area contributed by atoms with Crippen molar-refractivity contribution in [2.75, 3.05) is 19.7 Å². The first-order chi connectivity index (χ1) is 11.9. The summed E-state index contributed by atoms with van der Waals surface area (Å²) in [5, 5.41) is 11.6. The molecule has 0 radical (unpaired) electrons. The molecule has 0 bridgehead atoms. The SMILES string of the molecule is Cc1ccc(Cl)c(OCC2(O)CCCN(Cc3ccc(C)s3)CC2)c1. The minimum absolute atomic E-state index is 0.294. The van der Waals surface area contributed by atoms with Gasteiger partial charge in [0.2, 0.25) is 0 Å². The maximum atomic E-state index is 11.0. The van der Waals surface area contributed by atoms with Crippen LogP contribution >= 0.6 is 22.9 Å². The Morgan fingerprint density at radius 1 is 1.20 bits per heavy atom. The van der Waals surface area contributed by atoms with Gasteiger partial charge in [-0.15, -0.1) is 11.3 Å². The molecule has 1 aromatic carbocycles. The Bertz CT molecular complexity index is 717. The van der Waals surface area contributed by atoms with Gasteiger partial charge in [0.05, 0.1) is 10.6 Å². The lowest BCUT2D eigenvalue weighted by Crippen LogP contribution is -2.37. The molecule has 0 amide bonds. The minimum Gasteiger partial charge on any atom is -0.489 e. The largest absolute Gasteiger partial charge is 0.489 e. The van der Waals surface area contributed by atoms with Gasteiger partial charge in [0.1, 0.15) is 12.4 Å². The molecule has 3 nitrogen and oxygen atoms in total. The van der Waals surface area contributed by atoms with Crippen molar-refractivity contribution in [1.82, 2.24) is 4.90 Å². The first-order valence-electron chi connectivity index (χ1n) is 8.83. The summed E-state index contributed by atoms with van der Waals surface area (Å²) in [7, 11) is 0. The van der Waals surface area contributed by atoms with Crippen LogP contribution in [0.25, 0.3) is 0 Å². The molecule has 1 saturated heterocycles. The number of aryl methyl sites for hydroxylation is 2. The highest BCUT2D eigenvalue weighted by molar-refractivity contribution is 7.11. The Hall–Kier alpha value is -1.07. The number of likely N-dealkylation sites (tertiary alicyclic amines) is 1. The summed E-state index contributed by atoms with van der Waals surface area (Å²) in [6.07, 6.45) is 2.46. The maximum Gasteiger partial charge on any atom is 0.138 e. The van der Waals surface area contributed by atoms with E-state index in [1.165, 1.54) is 9.75 Å². The highest BCUT2D eigenvalue weighted by atomic mass is 35.5. The average Bonchev–Trinajstić information content (AvgIpc) is 2.89. The molecule has 1 aromatic heterocycles. The van der Waals surface area contributed by atoms with E-state index in [1.807, 2.05) is 36.5 Å². The van der Waals surface area contributed by atoms with Crippen LogP contribution in [0.15, 0.2) is 30.3 Å². The van der Waals surface area contributed by atoms with Crippen LogP contribution in [0.2, 0.25) is 5.02 Å². The summed E-state index contributed by atoms with van der Waals surface area (Å²) in [6.45, 7) is 7.32. The third-order valence-electron chi connectivity index (χ3n) is 4.77. The summed E-state index contributed by atoms with van der Waals surface area (Å²) in [5.41, 5.74) is 0.317. The molecule has 1 unspecified atom stereocenters. The lowest BCUT2D eigenvalue weighted by Gasteiger charge is -2.27. The molecular weight excluding hydrogens is 354 g/mol. The van der Waals surface area contributed by atoms with Crippen molar-refractivity contribution in [3.8, 4) is 5.75 Å². The van der Waals surface area contributed by atoms with Crippen LogP contribution in [0.3, 0.4) is 0 Å². The number of hydrogen-bond acceptors (Lipinski definition) is 4. The molecule has 1 N–H and O–H groups in total. The number of halogens is 1. The average molecular weight is 380 g/mol. The fourth-order valence-corrected chi connectivity index (χ4v) is 4.37. The fourth-order valence-electron chi connectivity index (χ4n) is 3.26. The number of aliphatic hydroxyl groups is 1. The smallest absolute Gasteiger partial charge is 0.138 e. The number of ether oxygens (including phenoxy) is 1. The van der Waals surface area contributed by atoms with E-state index in [1.54, 1.807) is 0 Å². The van der Waals surface area contributed by atoms with Gasteiger partial charge < -0.3 is 9.84 Å². The van der Waals surface area contributed by atoms with Gasteiger partial charge in [0.25, 0.3) is 0 Å². The van der Waals surface area contributed by atoms with E-state index in [9.17, 15) is 5.11 Å². The van der Waals surface area contributed by atoms with Crippen LogP contribution in [0.1, 0.15) is 34.6 Å². The van der Waals surface area contributed by atoms with Crippen molar-refractivity contribution in [2.45, 2.75) is 45.3 Å². The lowest BCUT2D eigenvalue weighted by atomic mass is 9.96. The summed E-state index contributed by atoms with van der Waals surface area (Å²) in [4.78, 5) is 5.18. The zero-order chi connectivity index (χ0) is 17.9. The molecule has 0 aliphatic carbocycles. The van der Waals surface area contributed by atoms with E-state index in [2.05, 4.69) is 24.0 Å². The molecule has 1 atom stereocenters. The van der Waals surface area contributed by atoms with Gasteiger partial charge in [-0.1, -0.05) is 17.7 Å². The molecular formula is C20H26ClNO2S. The monoisotopic (exact) mass is 379 g/mol. The number of benzene rings is 1. The zero-order valence-electron chi connectivity index (χ0n) is 14.9. The predicted molar refractivity (Wildman–Crippen MR) is 105 cm³/mol. The molecule has 2 heterocycles. The quantitative estimate of drug-likeness (QED) is 0.808. The third kappa shape index (κ3) is 5.20. The number of rotatable bonds is 5. The van der Waals surface area contributed by atoms with Crippen LogP contribution in [-0.4, -0.2) is 35.3 Å². The van der Waals surface area contributed by atoms with Gasteiger partial charge in [-0.2, -0.15) is 0 Å². The van der Waals surface area contributed by atoms with E-state index in [4.69, 9.17) is 16.3 Å². The molecule has 1 aliphatic heterocycles. The maximum absolute atomic E-state index is 11.0. The number of thiophene rings is 1. The summed E-state index contributed by atoms with van der Waals surface area (Å²) in [6, 6.07) is 10.1. The first kappa shape index (κ1) is 18.7.